The molecule has 0 saturated heterocycles. The van der Waals surface area contributed by atoms with Crippen LogP contribution in [-0.2, 0) is 0 Å². The minimum absolute atomic E-state index is 0.0540. The smallest absolute Gasteiger partial charge is 0.0604 e. The fraction of sp³-hybridized carbons (Fsp3) is 0.455. The Bertz CT molecular complexity index is 310. The van der Waals surface area contributed by atoms with Crippen molar-refractivity contribution in [3.8, 4) is 0 Å². The van der Waals surface area contributed by atoms with Crippen molar-refractivity contribution >= 4 is 0 Å². The van der Waals surface area contributed by atoms with E-state index in [4.69, 9.17) is 11.5 Å². The van der Waals surface area contributed by atoms with Crippen molar-refractivity contribution in [1.29, 1.82) is 0 Å². The lowest BCUT2D eigenvalue weighted by Crippen LogP contribution is -2.32. The monoisotopic (exact) mass is 193 g/mol. The van der Waals surface area contributed by atoms with Crippen LogP contribution in [0.25, 0.3) is 0 Å². The lowest BCUT2D eigenvalue weighted by atomic mass is 9.90. The van der Waals surface area contributed by atoms with Gasteiger partial charge in [-0.1, -0.05) is 12.2 Å². The Morgan fingerprint density at radius 1 is 1.50 bits per heavy atom. The van der Waals surface area contributed by atoms with E-state index in [-0.39, 0.29) is 6.04 Å². The van der Waals surface area contributed by atoms with Gasteiger partial charge in [-0.15, -0.1) is 0 Å². The topological polar surface area (TPSA) is 64.1 Å². The van der Waals surface area contributed by atoms with Gasteiger partial charge in [0.15, 0.2) is 0 Å². The van der Waals surface area contributed by atoms with E-state index in [1.54, 1.807) is 0 Å². The zero-order valence-corrected chi connectivity index (χ0v) is 9.09. The van der Waals surface area contributed by atoms with Gasteiger partial charge in [-0.2, -0.15) is 0 Å². The Morgan fingerprint density at radius 2 is 2.14 bits per heavy atom. The molecule has 1 unspecified atom stereocenters. The third-order valence-electron chi connectivity index (χ3n) is 2.63. The molecule has 1 rings (SSSR count). The first kappa shape index (κ1) is 10.9. The molecule has 78 valence electrons. The summed E-state index contributed by atoms with van der Waals surface area (Å²) in [6.45, 7) is 3.98. The molecule has 3 nitrogen and oxygen atoms in total. The third kappa shape index (κ3) is 1.82. The number of rotatable bonds is 2. The van der Waals surface area contributed by atoms with Gasteiger partial charge >= 0.3 is 0 Å². The molecule has 0 radical (unpaired) electrons. The Labute approximate surface area is 85.5 Å². The Kier molecular flexibility index (Phi) is 3.36. The lowest BCUT2D eigenvalue weighted by molar-refractivity contribution is 0.715. The highest BCUT2D eigenvalue weighted by atomic mass is 14.9. The molecular formula is C11H19N3. The molecule has 0 bridgehead atoms. The van der Waals surface area contributed by atoms with Crippen molar-refractivity contribution in [1.82, 2.24) is 5.32 Å². The minimum Gasteiger partial charge on any atom is -0.397 e. The van der Waals surface area contributed by atoms with Crippen molar-refractivity contribution in [2.45, 2.75) is 26.3 Å². The van der Waals surface area contributed by atoms with Crippen LogP contribution in [-0.4, -0.2) is 13.1 Å². The zero-order valence-electron chi connectivity index (χ0n) is 9.09. The Morgan fingerprint density at radius 3 is 2.64 bits per heavy atom. The molecule has 3 heteroatoms. The molecular weight excluding hydrogens is 174 g/mol. The molecule has 0 aliphatic heterocycles. The molecule has 0 amide bonds. The SMILES string of the molecule is C/C=C/C1=C(NC)C(N)=C(C)C(N)C1. The van der Waals surface area contributed by atoms with Crippen molar-refractivity contribution < 1.29 is 0 Å². The first-order valence-electron chi connectivity index (χ1n) is 4.87. The van der Waals surface area contributed by atoms with Crippen LogP contribution in [0, 0.1) is 0 Å². The molecule has 0 fully saturated rings. The molecule has 0 spiro atoms. The van der Waals surface area contributed by atoms with Crippen LogP contribution in [0.15, 0.2) is 34.7 Å². The summed E-state index contributed by atoms with van der Waals surface area (Å²) in [5, 5.41) is 3.13. The fourth-order valence-corrected chi connectivity index (χ4v) is 1.71. The van der Waals surface area contributed by atoms with E-state index in [9.17, 15) is 0 Å². The van der Waals surface area contributed by atoms with E-state index in [1.807, 2.05) is 27.0 Å². The predicted octanol–water partition coefficient (Wildman–Crippen LogP) is 1.000. The fourth-order valence-electron chi connectivity index (χ4n) is 1.71. The molecule has 1 aliphatic rings. The van der Waals surface area contributed by atoms with Crippen LogP contribution in [0.5, 0.6) is 0 Å². The summed E-state index contributed by atoms with van der Waals surface area (Å²) < 4.78 is 0. The van der Waals surface area contributed by atoms with Gasteiger partial charge in [0, 0.05) is 13.1 Å². The number of nitrogens with two attached hydrogens (primary N) is 2. The second-order valence-electron chi connectivity index (χ2n) is 3.56. The van der Waals surface area contributed by atoms with Gasteiger partial charge in [-0.05, 0) is 31.4 Å². The summed E-state index contributed by atoms with van der Waals surface area (Å²) in [5.74, 6) is 0. The largest absolute Gasteiger partial charge is 0.397 e. The Hall–Kier alpha value is -1.22. The van der Waals surface area contributed by atoms with Crippen molar-refractivity contribution in [3.63, 3.8) is 0 Å². The summed E-state index contributed by atoms with van der Waals surface area (Å²) in [6, 6.07) is 0.0540. The number of nitrogens with one attached hydrogen (secondary N) is 1. The molecule has 14 heavy (non-hydrogen) atoms. The van der Waals surface area contributed by atoms with E-state index >= 15 is 0 Å². The van der Waals surface area contributed by atoms with E-state index in [2.05, 4.69) is 11.4 Å². The summed E-state index contributed by atoms with van der Waals surface area (Å²) in [6.07, 6.45) is 4.92. The van der Waals surface area contributed by atoms with Crippen LogP contribution >= 0.6 is 0 Å². The van der Waals surface area contributed by atoms with Gasteiger partial charge in [-0.3, -0.25) is 0 Å². The number of likely N-dealkylation sites (N-methyl/N-ethyl adjacent to an activating group) is 1. The molecule has 1 aliphatic carbocycles. The van der Waals surface area contributed by atoms with E-state index in [0.717, 1.165) is 23.4 Å². The minimum atomic E-state index is 0.0540. The summed E-state index contributed by atoms with van der Waals surface area (Å²) in [7, 11) is 1.88. The first-order chi connectivity index (χ1) is 6.61. The number of allylic oxidation sites excluding steroid dienone is 2. The van der Waals surface area contributed by atoms with Crippen LogP contribution in [0.1, 0.15) is 20.3 Å². The molecule has 0 aromatic rings. The molecule has 0 saturated carbocycles. The maximum absolute atomic E-state index is 5.99. The standard InChI is InChI=1S/C11H19N3/c1-4-5-8-6-9(12)7(2)10(13)11(8)14-3/h4-5,9,14H,6,12-13H2,1-3H3/b5-4+. The molecule has 0 aromatic carbocycles. The summed E-state index contributed by atoms with van der Waals surface area (Å²) in [4.78, 5) is 0. The van der Waals surface area contributed by atoms with E-state index < -0.39 is 0 Å². The second kappa shape index (κ2) is 4.33. The van der Waals surface area contributed by atoms with Crippen molar-refractivity contribution in [3.05, 3.63) is 34.7 Å². The highest BCUT2D eigenvalue weighted by Crippen LogP contribution is 2.25. The van der Waals surface area contributed by atoms with Crippen molar-refractivity contribution in [2.75, 3.05) is 7.05 Å². The quantitative estimate of drug-likeness (QED) is 0.613. The third-order valence-corrected chi connectivity index (χ3v) is 2.63. The maximum Gasteiger partial charge on any atom is 0.0604 e. The van der Waals surface area contributed by atoms with Gasteiger partial charge in [-0.25, -0.2) is 0 Å². The van der Waals surface area contributed by atoms with E-state index in [0.29, 0.717) is 0 Å². The first-order valence-corrected chi connectivity index (χ1v) is 4.87. The van der Waals surface area contributed by atoms with Crippen LogP contribution in [0.4, 0.5) is 0 Å². The normalized spacial score (nSPS) is 23.6. The summed E-state index contributed by atoms with van der Waals surface area (Å²) >= 11 is 0. The Balaban J connectivity index is 3.16. The lowest BCUT2D eigenvalue weighted by Gasteiger charge is -2.25. The molecule has 0 heterocycles. The van der Waals surface area contributed by atoms with Crippen LogP contribution < -0.4 is 16.8 Å². The molecule has 0 aromatic heterocycles. The van der Waals surface area contributed by atoms with Crippen LogP contribution in [0.3, 0.4) is 0 Å². The molecule has 1 atom stereocenters. The van der Waals surface area contributed by atoms with E-state index in [1.165, 1.54) is 5.57 Å². The zero-order chi connectivity index (χ0) is 10.7. The maximum atomic E-state index is 5.99. The van der Waals surface area contributed by atoms with Gasteiger partial charge in [0.1, 0.15) is 0 Å². The van der Waals surface area contributed by atoms with Gasteiger partial charge in [0.2, 0.25) is 0 Å². The van der Waals surface area contributed by atoms with Crippen LogP contribution in [0.2, 0.25) is 0 Å². The average Bonchev–Trinajstić information content (AvgIpc) is 2.16. The van der Waals surface area contributed by atoms with Gasteiger partial charge in [0.25, 0.3) is 0 Å². The highest BCUT2D eigenvalue weighted by Gasteiger charge is 2.20. The highest BCUT2D eigenvalue weighted by molar-refractivity contribution is 5.45. The summed E-state index contributed by atoms with van der Waals surface area (Å²) in [5.41, 5.74) is 16.0. The van der Waals surface area contributed by atoms with Gasteiger partial charge in [0.05, 0.1) is 11.4 Å². The second-order valence-corrected chi connectivity index (χ2v) is 3.56. The average molecular weight is 193 g/mol. The number of hydrogen-bond donors (Lipinski definition) is 3. The van der Waals surface area contributed by atoms with Crippen molar-refractivity contribution in [2.24, 2.45) is 11.5 Å². The number of hydrogen-bond acceptors (Lipinski definition) is 3. The predicted molar refractivity (Wildman–Crippen MR) is 60.4 cm³/mol. The molecule has 5 N–H and O–H groups in total. The van der Waals surface area contributed by atoms with Gasteiger partial charge < -0.3 is 16.8 Å².